The van der Waals surface area contributed by atoms with Crippen molar-refractivity contribution in [2.45, 2.75) is 39.2 Å². The summed E-state index contributed by atoms with van der Waals surface area (Å²) in [7, 11) is 0. The third-order valence-electron chi connectivity index (χ3n) is 2.34. The first-order valence-corrected chi connectivity index (χ1v) is 5.35. The van der Waals surface area contributed by atoms with Gasteiger partial charge in [0.2, 0.25) is 0 Å². The first-order chi connectivity index (χ1) is 7.15. The zero-order valence-electron chi connectivity index (χ0n) is 9.19. The molecule has 1 aromatic rings. The summed E-state index contributed by atoms with van der Waals surface area (Å²) in [5.74, 6) is -1.59. The van der Waals surface area contributed by atoms with Crippen LogP contribution in [0.25, 0.3) is 0 Å². The molecule has 0 amide bonds. The van der Waals surface area contributed by atoms with Crippen molar-refractivity contribution in [2.24, 2.45) is 0 Å². The second kappa shape index (κ2) is 5.69. The van der Waals surface area contributed by atoms with Crippen LogP contribution >= 0.6 is 0 Å². The van der Waals surface area contributed by atoms with E-state index in [0.29, 0.717) is 0 Å². The summed E-state index contributed by atoms with van der Waals surface area (Å²) in [6.07, 6.45) is 3.16. The third kappa shape index (κ3) is 3.50. The maximum Gasteiger partial charge on any atom is 0.181 e. The van der Waals surface area contributed by atoms with E-state index >= 15 is 0 Å². The van der Waals surface area contributed by atoms with Crippen molar-refractivity contribution in [3.8, 4) is 0 Å². The Balaban J connectivity index is 2.60. The Hall–Kier alpha value is -1.12. The minimum atomic E-state index is -0.803. The van der Waals surface area contributed by atoms with Gasteiger partial charge in [0.15, 0.2) is 11.6 Å². The number of benzene rings is 1. The fraction of sp³-hybridized carbons (Fsp3) is 0.500. The summed E-state index contributed by atoms with van der Waals surface area (Å²) in [6.45, 7) is 4.08. The van der Waals surface area contributed by atoms with E-state index in [1.54, 1.807) is 6.07 Å². The molecule has 0 bridgehead atoms. The summed E-state index contributed by atoms with van der Waals surface area (Å²) >= 11 is 0. The molecule has 0 aliphatic rings. The minimum Gasteiger partial charge on any atom is -0.380 e. The monoisotopic (exact) mass is 213 g/mol. The van der Waals surface area contributed by atoms with Crippen molar-refractivity contribution in [1.29, 1.82) is 0 Å². The number of rotatable bonds is 5. The van der Waals surface area contributed by atoms with Crippen LogP contribution < -0.4 is 5.32 Å². The van der Waals surface area contributed by atoms with Gasteiger partial charge in [-0.25, -0.2) is 8.78 Å². The van der Waals surface area contributed by atoms with Gasteiger partial charge >= 0.3 is 0 Å². The standard InChI is InChI=1S/C12H17F2N/c1-3-4-6-9(2)15-11-8-5-7-10(13)12(11)14/h5,7-9,15H,3-4,6H2,1-2H3. The molecule has 0 heterocycles. The quantitative estimate of drug-likeness (QED) is 0.780. The average Bonchev–Trinajstić information content (AvgIpc) is 2.22. The number of hydrogen-bond acceptors (Lipinski definition) is 1. The van der Waals surface area contributed by atoms with E-state index in [-0.39, 0.29) is 11.7 Å². The molecule has 3 heteroatoms. The zero-order valence-corrected chi connectivity index (χ0v) is 9.19. The van der Waals surface area contributed by atoms with Gasteiger partial charge in [0.25, 0.3) is 0 Å². The average molecular weight is 213 g/mol. The van der Waals surface area contributed by atoms with Crippen molar-refractivity contribution in [2.75, 3.05) is 5.32 Å². The Morgan fingerprint density at radius 3 is 2.73 bits per heavy atom. The van der Waals surface area contributed by atoms with E-state index in [2.05, 4.69) is 12.2 Å². The van der Waals surface area contributed by atoms with Gasteiger partial charge in [-0.05, 0) is 25.5 Å². The first-order valence-electron chi connectivity index (χ1n) is 5.35. The molecule has 1 N–H and O–H groups in total. The second-order valence-corrected chi connectivity index (χ2v) is 3.79. The van der Waals surface area contributed by atoms with E-state index in [4.69, 9.17) is 0 Å². The summed E-state index contributed by atoms with van der Waals surface area (Å²) in [6, 6.07) is 4.35. The van der Waals surface area contributed by atoms with E-state index < -0.39 is 11.6 Å². The zero-order chi connectivity index (χ0) is 11.3. The molecule has 1 unspecified atom stereocenters. The Bertz CT molecular complexity index is 312. The summed E-state index contributed by atoms with van der Waals surface area (Å²) < 4.78 is 26.1. The molecule has 1 atom stereocenters. The lowest BCUT2D eigenvalue weighted by Gasteiger charge is -2.15. The van der Waals surface area contributed by atoms with Gasteiger partial charge < -0.3 is 5.32 Å². The van der Waals surface area contributed by atoms with Crippen molar-refractivity contribution >= 4 is 5.69 Å². The van der Waals surface area contributed by atoms with E-state index in [9.17, 15) is 8.78 Å². The molecule has 15 heavy (non-hydrogen) atoms. The fourth-order valence-corrected chi connectivity index (χ4v) is 1.46. The van der Waals surface area contributed by atoms with Crippen LogP contribution in [-0.2, 0) is 0 Å². The molecule has 0 aliphatic heterocycles. The predicted molar refractivity (Wildman–Crippen MR) is 59.0 cm³/mol. The van der Waals surface area contributed by atoms with Gasteiger partial charge in [0, 0.05) is 6.04 Å². The van der Waals surface area contributed by atoms with Gasteiger partial charge in [0.1, 0.15) is 0 Å². The van der Waals surface area contributed by atoms with Crippen molar-refractivity contribution < 1.29 is 8.78 Å². The topological polar surface area (TPSA) is 12.0 Å². The van der Waals surface area contributed by atoms with Crippen LogP contribution in [0, 0.1) is 11.6 Å². The van der Waals surface area contributed by atoms with Gasteiger partial charge in [0.05, 0.1) is 5.69 Å². The molecular weight excluding hydrogens is 196 g/mol. The maximum atomic E-state index is 13.2. The Kier molecular flexibility index (Phi) is 4.53. The summed E-state index contributed by atoms with van der Waals surface area (Å²) in [5, 5.41) is 2.97. The Labute approximate surface area is 89.5 Å². The molecule has 1 rings (SSSR count). The molecule has 84 valence electrons. The predicted octanol–water partition coefficient (Wildman–Crippen LogP) is 3.96. The smallest absolute Gasteiger partial charge is 0.181 e. The highest BCUT2D eigenvalue weighted by molar-refractivity contribution is 5.45. The van der Waals surface area contributed by atoms with Crippen LogP contribution in [-0.4, -0.2) is 6.04 Å². The molecule has 0 aliphatic carbocycles. The second-order valence-electron chi connectivity index (χ2n) is 3.79. The van der Waals surface area contributed by atoms with E-state index in [1.165, 1.54) is 6.07 Å². The summed E-state index contributed by atoms with van der Waals surface area (Å²) in [4.78, 5) is 0. The number of anilines is 1. The third-order valence-corrected chi connectivity index (χ3v) is 2.34. The highest BCUT2D eigenvalue weighted by Gasteiger charge is 2.09. The minimum absolute atomic E-state index is 0.168. The van der Waals surface area contributed by atoms with Crippen LogP contribution in [0.4, 0.5) is 14.5 Å². The Morgan fingerprint density at radius 1 is 1.33 bits per heavy atom. The summed E-state index contributed by atoms with van der Waals surface area (Å²) in [5.41, 5.74) is 0.249. The molecule has 0 aromatic heterocycles. The molecule has 0 fully saturated rings. The number of nitrogens with one attached hydrogen (secondary N) is 1. The van der Waals surface area contributed by atoms with Crippen LogP contribution in [0.1, 0.15) is 33.1 Å². The van der Waals surface area contributed by atoms with E-state index in [1.807, 2.05) is 6.92 Å². The van der Waals surface area contributed by atoms with Crippen molar-refractivity contribution in [3.05, 3.63) is 29.8 Å². The van der Waals surface area contributed by atoms with Gasteiger partial charge in [-0.2, -0.15) is 0 Å². The van der Waals surface area contributed by atoms with Gasteiger partial charge in [-0.3, -0.25) is 0 Å². The molecule has 0 spiro atoms. The lowest BCUT2D eigenvalue weighted by molar-refractivity contribution is 0.509. The Morgan fingerprint density at radius 2 is 2.07 bits per heavy atom. The lowest BCUT2D eigenvalue weighted by atomic mass is 10.1. The number of hydrogen-bond donors (Lipinski definition) is 1. The number of unbranched alkanes of at least 4 members (excludes halogenated alkanes) is 1. The first kappa shape index (κ1) is 12.0. The molecule has 0 saturated heterocycles. The number of halogens is 2. The van der Waals surface area contributed by atoms with Crippen LogP contribution in [0.5, 0.6) is 0 Å². The van der Waals surface area contributed by atoms with Crippen LogP contribution in [0.3, 0.4) is 0 Å². The fourth-order valence-electron chi connectivity index (χ4n) is 1.46. The van der Waals surface area contributed by atoms with Gasteiger partial charge in [-0.15, -0.1) is 0 Å². The molecule has 1 nitrogen and oxygen atoms in total. The van der Waals surface area contributed by atoms with E-state index in [0.717, 1.165) is 25.3 Å². The lowest BCUT2D eigenvalue weighted by Crippen LogP contribution is -2.16. The molecule has 0 radical (unpaired) electrons. The van der Waals surface area contributed by atoms with Gasteiger partial charge in [-0.1, -0.05) is 25.8 Å². The highest BCUT2D eigenvalue weighted by Crippen LogP contribution is 2.18. The van der Waals surface area contributed by atoms with Crippen molar-refractivity contribution in [3.63, 3.8) is 0 Å². The normalized spacial score (nSPS) is 12.5. The van der Waals surface area contributed by atoms with Crippen molar-refractivity contribution in [1.82, 2.24) is 0 Å². The molecular formula is C12H17F2N. The maximum absolute atomic E-state index is 13.2. The SMILES string of the molecule is CCCCC(C)Nc1cccc(F)c1F. The highest BCUT2D eigenvalue weighted by atomic mass is 19.2. The molecule has 0 saturated carbocycles. The largest absolute Gasteiger partial charge is 0.380 e. The molecule has 1 aromatic carbocycles. The van der Waals surface area contributed by atoms with Crippen LogP contribution in [0.2, 0.25) is 0 Å². The van der Waals surface area contributed by atoms with Crippen LogP contribution in [0.15, 0.2) is 18.2 Å².